The summed E-state index contributed by atoms with van der Waals surface area (Å²) in [6.45, 7) is 6.40. The molecule has 0 radical (unpaired) electrons. The molecule has 0 spiro atoms. The molecule has 0 bridgehead atoms. The molecule has 0 fully saturated rings. The third-order valence-corrected chi connectivity index (χ3v) is 3.45. The predicted molar refractivity (Wildman–Crippen MR) is 95.6 cm³/mol. The van der Waals surface area contributed by atoms with Gasteiger partial charge in [0.15, 0.2) is 0 Å². The lowest BCUT2D eigenvalue weighted by molar-refractivity contribution is -0.161. The number of hydroxylamine groups is 1. The quantitative estimate of drug-likeness (QED) is 0.551. The first-order valence-corrected chi connectivity index (χ1v) is 8.49. The first-order valence-electron chi connectivity index (χ1n) is 8.49. The zero-order chi connectivity index (χ0) is 20.6. The summed E-state index contributed by atoms with van der Waals surface area (Å²) in [5, 5.41) is 8.95. The highest BCUT2D eigenvalue weighted by atomic mass is 16.7. The molecule has 1 amide bonds. The topological polar surface area (TPSA) is 119 Å². The van der Waals surface area contributed by atoms with Gasteiger partial charge in [-0.1, -0.05) is 12.1 Å². The number of aromatic carboxylic acids is 1. The molecular weight excluding hydrogens is 354 g/mol. The van der Waals surface area contributed by atoms with Gasteiger partial charge in [0.1, 0.15) is 5.60 Å². The number of carbonyl (C=O) groups is 4. The molecule has 2 N–H and O–H groups in total. The van der Waals surface area contributed by atoms with Crippen molar-refractivity contribution in [3.8, 4) is 0 Å². The van der Waals surface area contributed by atoms with Crippen molar-refractivity contribution in [3.05, 3.63) is 35.4 Å². The monoisotopic (exact) mass is 379 g/mol. The molecule has 1 aromatic carbocycles. The summed E-state index contributed by atoms with van der Waals surface area (Å²) in [6.07, 6.45) is 0.433. The van der Waals surface area contributed by atoms with Crippen molar-refractivity contribution in [2.45, 2.75) is 52.6 Å². The van der Waals surface area contributed by atoms with E-state index in [1.165, 1.54) is 12.1 Å². The van der Waals surface area contributed by atoms with Crippen LogP contribution in [0.4, 0.5) is 0 Å². The van der Waals surface area contributed by atoms with Crippen molar-refractivity contribution in [1.29, 1.82) is 0 Å². The number of benzene rings is 1. The molecular formula is C19H25NO7. The molecule has 1 unspecified atom stereocenters. The van der Waals surface area contributed by atoms with E-state index in [1.54, 1.807) is 32.9 Å². The Bertz CT molecular complexity index is 689. The van der Waals surface area contributed by atoms with Crippen molar-refractivity contribution >= 4 is 23.8 Å². The molecule has 0 saturated carbocycles. The molecule has 1 rings (SSSR count). The second-order valence-corrected chi connectivity index (χ2v) is 7.09. The number of hydrogen-bond donors (Lipinski definition) is 2. The fraction of sp³-hybridized carbons (Fsp3) is 0.474. The number of carboxylic acid groups (broad SMARTS) is 1. The average molecular weight is 379 g/mol. The summed E-state index contributed by atoms with van der Waals surface area (Å²) in [4.78, 5) is 50.3. The maximum atomic E-state index is 12.5. The van der Waals surface area contributed by atoms with Crippen molar-refractivity contribution < 1.29 is 33.9 Å². The molecule has 0 aliphatic rings. The van der Waals surface area contributed by atoms with E-state index in [1.807, 2.05) is 5.48 Å². The molecule has 0 aromatic heterocycles. The van der Waals surface area contributed by atoms with E-state index in [4.69, 9.17) is 9.84 Å². The minimum Gasteiger partial charge on any atom is -0.478 e. The van der Waals surface area contributed by atoms with Gasteiger partial charge in [-0.3, -0.25) is 14.4 Å². The zero-order valence-electron chi connectivity index (χ0n) is 15.9. The van der Waals surface area contributed by atoms with E-state index in [2.05, 4.69) is 4.84 Å². The molecule has 0 saturated heterocycles. The Kier molecular flexibility index (Phi) is 7.96. The standard InChI is InChI=1S/C19H25NO7/c1-12(21)27-20-16(22)10-9-15(18(25)26-19(2,3)4)11-13-5-7-14(8-6-13)17(23)24/h5-8,15H,9-11H2,1-4H3,(H,20,22)(H,23,24). The summed E-state index contributed by atoms with van der Waals surface area (Å²) < 4.78 is 5.41. The molecule has 0 aliphatic heterocycles. The van der Waals surface area contributed by atoms with Gasteiger partial charge in [-0.15, -0.1) is 0 Å². The van der Waals surface area contributed by atoms with Crippen LogP contribution in [0.15, 0.2) is 24.3 Å². The Hall–Kier alpha value is -2.90. The van der Waals surface area contributed by atoms with Gasteiger partial charge >= 0.3 is 17.9 Å². The van der Waals surface area contributed by atoms with Crippen LogP contribution in [0.5, 0.6) is 0 Å². The number of carbonyl (C=O) groups excluding carboxylic acids is 3. The van der Waals surface area contributed by atoms with E-state index < -0.39 is 35.3 Å². The van der Waals surface area contributed by atoms with Gasteiger partial charge in [-0.05, 0) is 51.3 Å². The second-order valence-electron chi connectivity index (χ2n) is 7.09. The fourth-order valence-corrected chi connectivity index (χ4v) is 2.24. The van der Waals surface area contributed by atoms with E-state index >= 15 is 0 Å². The third-order valence-electron chi connectivity index (χ3n) is 3.45. The number of hydrogen-bond acceptors (Lipinski definition) is 6. The van der Waals surface area contributed by atoms with Crippen molar-refractivity contribution in [1.82, 2.24) is 5.48 Å². The molecule has 0 heterocycles. The third kappa shape index (κ3) is 8.84. The normalized spacial score (nSPS) is 12.0. The number of carboxylic acids is 1. The van der Waals surface area contributed by atoms with E-state index in [0.29, 0.717) is 0 Å². The van der Waals surface area contributed by atoms with Crippen LogP contribution in [0.25, 0.3) is 0 Å². The van der Waals surface area contributed by atoms with Gasteiger partial charge in [-0.25, -0.2) is 4.79 Å². The van der Waals surface area contributed by atoms with Crippen LogP contribution in [-0.2, 0) is 30.4 Å². The SMILES string of the molecule is CC(=O)ONC(=O)CCC(Cc1ccc(C(=O)O)cc1)C(=O)OC(C)(C)C. The predicted octanol–water partition coefficient (Wildman–Crippen LogP) is 2.26. The Morgan fingerprint density at radius 2 is 1.70 bits per heavy atom. The summed E-state index contributed by atoms with van der Waals surface area (Å²) in [5.74, 6) is -3.27. The number of esters is 1. The zero-order valence-corrected chi connectivity index (χ0v) is 15.9. The van der Waals surface area contributed by atoms with E-state index in [-0.39, 0.29) is 24.8 Å². The van der Waals surface area contributed by atoms with Crippen LogP contribution < -0.4 is 5.48 Å². The molecule has 8 heteroatoms. The van der Waals surface area contributed by atoms with Crippen LogP contribution in [-0.4, -0.2) is 34.5 Å². The highest BCUT2D eigenvalue weighted by molar-refractivity contribution is 5.87. The van der Waals surface area contributed by atoms with E-state index in [9.17, 15) is 19.2 Å². The molecule has 1 atom stereocenters. The summed E-state index contributed by atoms with van der Waals surface area (Å²) in [6, 6.07) is 6.16. The number of nitrogens with one attached hydrogen (secondary N) is 1. The van der Waals surface area contributed by atoms with Crippen LogP contribution in [0.1, 0.15) is 56.5 Å². The number of ether oxygens (including phenoxy) is 1. The van der Waals surface area contributed by atoms with Gasteiger partial charge in [0.2, 0.25) is 0 Å². The van der Waals surface area contributed by atoms with Crippen LogP contribution in [0.2, 0.25) is 0 Å². The van der Waals surface area contributed by atoms with E-state index in [0.717, 1.165) is 12.5 Å². The van der Waals surface area contributed by atoms with Gasteiger partial charge in [0, 0.05) is 13.3 Å². The van der Waals surface area contributed by atoms with Gasteiger partial charge in [-0.2, -0.15) is 5.48 Å². The van der Waals surface area contributed by atoms with Crippen LogP contribution in [0.3, 0.4) is 0 Å². The Morgan fingerprint density at radius 1 is 1.11 bits per heavy atom. The Morgan fingerprint density at radius 3 is 2.19 bits per heavy atom. The second kappa shape index (κ2) is 9.70. The smallest absolute Gasteiger partial charge is 0.335 e. The largest absolute Gasteiger partial charge is 0.478 e. The van der Waals surface area contributed by atoms with Crippen molar-refractivity contribution in [3.63, 3.8) is 0 Å². The summed E-state index contributed by atoms with van der Waals surface area (Å²) >= 11 is 0. The first-order chi connectivity index (χ1) is 12.5. The molecule has 8 nitrogen and oxygen atoms in total. The molecule has 148 valence electrons. The Labute approximate surface area is 157 Å². The van der Waals surface area contributed by atoms with Gasteiger partial charge < -0.3 is 14.7 Å². The lowest BCUT2D eigenvalue weighted by atomic mass is 9.94. The summed E-state index contributed by atoms with van der Waals surface area (Å²) in [5.41, 5.74) is 2.22. The van der Waals surface area contributed by atoms with Crippen molar-refractivity contribution in [2.75, 3.05) is 0 Å². The van der Waals surface area contributed by atoms with Crippen LogP contribution >= 0.6 is 0 Å². The maximum Gasteiger partial charge on any atom is 0.335 e. The molecule has 0 aliphatic carbocycles. The van der Waals surface area contributed by atoms with Gasteiger partial charge in [0.05, 0.1) is 11.5 Å². The Balaban J connectivity index is 2.80. The number of rotatable bonds is 7. The lowest BCUT2D eigenvalue weighted by Crippen LogP contribution is -2.31. The first kappa shape index (κ1) is 22.1. The minimum atomic E-state index is -1.03. The van der Waals surface area contributed by atoms with Crippen molar-refractivity contribution in [2.24, 2.45) is 5.92 Å². The van der Waals surface area contributed by atoms with Crippen LogP contribution in [0, 0.1) is 5.92 Å². The summed E-state index contributed by atoms with van der Waals surface area (Å²) in [7, 11) is 0. The lowest BCUT2D eigenvalue weighted by Gasteiger charge is -2.24. The highest BCUT2D eigenvalue weighted by Crippen LogP contribution is 2.20. The molecule has 1 aromatic rings. The average Bonchev–Trinajstić information content (AvgIpc) is 2.55. The fourth-order valence-electron chi connectivity index (χ4n) is 2.24. The molecule has 27 heavy (non-hydrogen) atoms. The highest BCUT2D eigenvalue weighted by Gasteiger charge is 2.26. The van der Waals surface area contributed by atoms with Gasteiger partial charge in [0.25, 0.3) is 5.91 Å². The minimum absolute atomic E-state index is 0.0373. The number of amides is 1. The maximum absolute atomic E-state index is 12.5.